The lowest BCUT2D eigenvalue weighted by Crippen LogP contribution is -2.20. The monoisotopic (exact) mass is 360 g/mol. The first-order valence-electron chi connectivity index (χ1n) is 7.43. The van der Waals surface area contributed by atoms with Gasteiger partial charge < -0.3 is 4.74 Å². The molecular weight excluding hydrogens is 346 g/mol. The zero-order chi connectivity index (χ0) is 17.8. The van der Waals surface area contributed by atoms with Crippen LogP contribution in [0.1, 0.15) is 4.88 Å². The fourth-order valence-corrected chi connectivity index (χ4v) is 3.03. The molecule has 0 bridgehead atoms. The van der Waals surface area contributed by atoms with Gasteiger partial charge in [0.25, 0.3) is 5.91 Å². The van der Waals surface area contributed by atoms with Gasteiger partial charge in [-0.1, -0.05) is 18.2 Å². The maximum absolute atomic E-state index is 13.4. The number of thiazole rings is 1. The van der Waals surface area contributed by atoms with Crippen LogP contribution in [0.15, 0.2) is 48.5 Å². The Hall–Kier alpha value is -2.80. The molecule has 25 heavy (non-hydrogen) atoms. The molecule has 3 rings (SSSR count). The molecule has 1 heterocycles. The number of nitrogens with zero attached hydrogens (tertiary/aromatic N) is 1. The Balaban J connectivity index is 1.67. The largest absolute Gasteiger partial charge is 0.484 e. The van der Waals surface area contributed by atoms with Gasteiger partial charge >= 0.3 is 0 Å². The average molecular weight is 360 g/mol. The molecule has 0 aliphatic heterocycles. The molecule has 1 aromatic heterocycles. The standard InChI is InChI=1S/C18H14F2N2O2S/c1-11-17(12-7-8-14(19)15(20)9-12)22-18(25-11)21-16(23)10-24-13-5-3-2-4-6-13/h2-9H,10H2,1H3,(H,21,22,23). The number of carbonyl (C=O) groups excluding carboxylic acids is 1. The summed E-state index contributed by atoms with van der Waals surface area (Å²) >= 11 is 1.25. The predicted molar refractivity (Wildman–Crippen MR) is 92.8 cm³/mol. The number of halogens is 2. The van der Waals surface area contributed by atoms with Crippen molar-refractivity contribution in [3.8, 4) is 17.0 Å². The fraction of sp³-hybridized carbons (Fsp3) is 0.111. The van der Waals surface area contributed by atoms with E-state index in [1.807, 2.05) is 18.2 Å². The number of rotatable bonds is 5. The lowest BCUT2D eigenvalue weighted by atomic mass is 10.1. The van der Waals surface area contributed by atoms with Gasteiger partial charge in [0.1, 0.15) is 5.75 Å². The number of para-hydroxylation sites is 1. The molecule has 0 saturated heterocycles. The third-order valence-corrected chi connectivity index (χ3v) is 4.24. The molecule has 0 atom stereocenters. The SMILES string of the molecule is Cc1sc(NC(=O)COc2ccccc2)nc1-c1ccc(F)c(F)c1. The Kier molecular flexibility index (Phi) is 5.04. The second-order valence-electron chi connectivity index (χ2n) is 5.20. The molecule has 0 fully saturated rings. The number of aryl methyl sites for hydroxylation is 1. The van der Waals surface area contributed by atoms with E-state index < -0.39 is 11.6 Å². The highest BCUT2D eigenvalue weighted by Crippen LogP contribution is 2.31. The Morgan fingerprint density at radius 3 is 2.64 bits per heavy atom. The summed E-state index contributed by atoms with van der Waals surface area (Å²) in [6, 6.07) is 12.6. The normalized spacial score (nSPS) is 10.5. The summed E-state index contributed by atoms with van der Waals surface area (Å²) in [6.07, 6.45) is 0. The van der Waals surface area contributed by atoms with Gasteiger partial charge in [-0.05, 0) is 37.3 Å². The highest BCUT2D eigenvalue weighted by molar-refractivity contribution is 7.16. The first kappa shape index (κ1) is 17.0. The Morgan fingerprint density at radius 1 is 1.16 bits per heavy atom. The van der Waals surface area contributed by atoms with Crippen LogP contribution in [-0.2, 0) is 4.79 Å². The number of hydrogen-bond acceptors (Lipinski definition) is 4. The highest BCUT2D eigenvalue weighted by atomic mass is 32.1. The molecule has 128 valence electrons. The Morgan fingerprint density at radius 2 is 1.92 bits per heavy atom. The lowest BCUT2D eigenvalue weighted by Gasteiger charge is -2.05. The minimum Gasteiger partial charge on any atom is -0.484 e. The Bertz CT molecular complexity index is 897. The summed E-state index contributed by atoms with van der Waals surface area (Å²) in [7, 11) is 0. The average Bonchev–Trinajstić information content (AvgIpc) is 2.96. The predicted octanol–water partition coefficient (Wildman–Crippen LogP) is 4.41. The topological polar surface area (TPSA) is 51.2 Å². The molecular formula is C18H14F2N2O2S. The summed E-state index contributed by atoms with van der Waals surface area (Å²) in [5.74, 6) is -1.61. The number of hydrogen-bond donors (Lipinski definition) is 1. The van der Waals surface area contributed by atoms with Crippen molar-refractivity contribution in [3.05, 3.63) is 65.0 Å². The van der Waals surface area contributed by atoms with Crippen molar-refractivity contribution in [2.24, 2.45) is 0 Å². The van der Waals surface area contributed by atoms with Gasteiger partial charge in [-0.2, -0.15) is 0 Å². The van der Waals surface area contributed by atoms with Gasteiger partial charge in [-0.25, -0.2) is 13.8 Å². The molecule has 1 N–H and O–H groups in total. The van der Waals surface area contributed by atoms with Crippen molar-refractivity contribution in [1.82, 2.24) is 4.98 Å². The van der Waals surface area contributed by atoms with Gasteiger partial charge in [0.15, 0.2) is 23.4 Å². The van der Waals surface area contributed by atoms with E-state index in [1.54, 1.807) is 19.1 Å². The number of aromatic nitrogens is 1. The highest BCUT2D eigenvalue weighted by Gasteiger charge is 2.14. The van der Waals surface area contributed by atoms with Crippen LogP contribution in [0.5, 0.6) is 5.75 Å². The quantitative estimate of drug-likeness (QED) is 0.733. The van der Waals surface area contributed by atoms with Crippen LogP contribution in [0.4, 0.5) is 13.9 Å². The molecule has 0 aliphatic rings. The van der Waals surface area contributed by atoms with E-state index in [-0.39, 0.29) is 12.5 Å². The number of anilines is 1. The maximum atomic E-state index is 13.4. The number of benzene rings is 2. The minimum atomic E-state index is -0.938. The first-order valence-corrected chi connectivity index (χ1v) is 8.25. The molecule has 4 nitrogen and oxygen atoms in total. The summed E-state index contributed by atoms with van der Waals surface area (Å²) in [5, 5.41) is 3.02. The zero-order valence-corrected chi connectivity index (χ0v) is 14.1. The summed E-state index contributed by atoms with van der Waals surface area (Å²) in [4.78, 5) is 17.0. The van der Waals surface area contributed by atoms with Crippen LogP contribution in [0, 0.1) is 18.6 Å². The van der Waals surface area contributed by atoms with E-state index in [2.05, 4.69) is 10.3 Å². The summed E-state index contributed by atoms with van der Waals surface area (Å²) in [6.45, 7) is 1.65. The molecule has 1 amide bonds. The van der Waals surface area contributed by atoms with Crippen molar-refractivity contribution >= 4 is 22.4 Å². The Labute approximate surface area is 147 Å². The van der Waals surface area contributed by atoms with Gasteiger partial charge in [-0.15, -0.1) is 11.3 Å². The van der Waals surface area contributed by atoms with E-state index in [4.69, 9.17) is 4.74 Å². The zero-order valence-electron chi connectivity index (χ0n) is 13.3. The molecule has 0 saturated carbocycles. The molecule has 0 radical (unpaired) electrons. The fourth-order valence-electron chi connectivity index (χ4n) is 2.18. The minimum absolute atomic E-state index is 0.150. The van der Waals surface area contributed by atoms with Crippen molar-refractivity contribution in [2.45, 2.75) is 6.92 Å². The van der Waals surface area contributed by atoms with E-state index in [1.165, 1.54) is 17.4 Å². The van der Waals surface area contributed by atoms with Crippen LogP contribution in [0.25, 0.3) is 11.3 Å². The smallest absolute Gasteiger partial charge is 0.264 e. The van der Waals surface area contributed by atoms with Crippen LogP contribution in [0.3, 0.4) is 0 Å². The van der Waals surface area contributed by atoms with Crippen molar-refractivity contribution < 1.29 is 18.3 Å². The summed E-state index contributed by atoms with van der Waals surface area (Å²) < 4.78 is 31.8. The first-order chi connectivity index (χ1) is 12.0. The lowest BCUT2D eigenvalue weighted by molar-refractivity contribution is -0.118. The van der Waals surface area contributed by atoms with Crippen molar-refractivity contribution in [2.75, 3.05) is 11.9 Å². The molecule has 0 unspecified atom stereocenters. The maximum Gasteiger partial charge on any atom is 0.264 e. The third kappa shape index (κ3) is 4.19. The number of ether oxygens (including phenoxy) is 1. The van der Waals surface area contributed by atoms with Crippen LogP contribution in [-0.4, -0.2) is 17.5 Å². The van der Waals surface area contributed by atoms with Crippen molar-refractivity contribution in [1.29, 1.82) is 0 Å². The van der Waals surface area contributed by atoms with Gasteiger partial charge in [0.2, 0.25) is 0 Å². The summed E-state index contributed by atoms with van der Waals surface area (Å²) in [5.41, 5.74) is 0.955. The second kappa shape index (κ2) is 7.40. The second-order valence-corrected chi connectivity index (χ2v) is 6.41. The third-order valence-electron chi connectivity index (χ3n) is 3.35. The van der Waals surface area contributed by atoms with Gasteiger partial charge in [0.05, 0.1) is 5.69 Å². The van der Waals surface area contributed by atoms with Crippen molar-refractivity contribution in [3.63, 3.8) is 0 Å². The van der Waals surface area contributed by atoms with Crippen LogP contribution < -0.4 is 10.1 Å². The number of carbonyl (C=O) groups is 1. The van der Waals surface area contributed by atoms with Crippen LogP contribution >= 0.6 is 11.3 Å². The molecule has 0 aliphatic carbocycles. The van der Waals surface area contributed by atoms with E-state index in [0.717, 1.165) is 17.0 Å². The molecule has 2 aromatic carbocycles. The number of amides is 1. The van der Waals surface area contributed by atoms with E-state index >= 15 is 0 Å². The van der Waals surface area contributed by atoms with Crippen LogP contribution in [0.2, 0.25) is 0 Å². The van der Waals surface area contributed by atoms with E-state index in [9.17, 15) is 13.6 Å². The number of nitrogens with one attached hydrogen (secondary N) is 1. The van der Waals surface area contributed by atoms with Gasteiger partial charge in [0, 0.05) is 10.4 Å². The molecule has 7 heteroatoms. The molecule has 3 aromatic rings. The van der Waals surface area contributed by atoms with E-state index in [0.29, 0.717) is 22.1 Å². The van der Waals surface area contributed by atoms with Gasteiger partial charge in [-0.3, -0.25) is 10.1 Å². The molecule has 0 spiro atoms.